The minimum atomic E-state index is 0. The molecule has 3 N–H and O–H groups in total. The molecule has 0 amide bonds. The van der Waals surface area contributed by atoms with Crippen LogP contribution >= 0.6 is 35.3 Å². The molecular weight excluding hydrogens is 431 g/mol. The summed E-state index contributed by atoms with van der Waals surface area (Å²) in [6.45, 7) is 2.75. The Kier molecular flexibility index (Phi) is 6.99. The van der Waals surface area contributed by atoms with Crippen molar-refractivity contribution in [2.24, 2.45) is 10.7 Å². The monoisotopic (exact) mass is 452 g/mol. The van der Waals surface area contributed by atoms with E-state index in [2.05, 4.69) is 34.3 Å². The number of para-hydroxylation sites is 1. The largest absolute Gasteiger partial charge is 0.370 e. The molecule has 4 nitrogen and oxygen atoms in total. The summed E-state index contributed by atoms with van der Waals surface area (Å²) in [5.41, 5.74) is 9.18. The number of aliphatic imine (C=N–C) groups is 1. The topological polar surface area (TPSA) is 63.3 Å². The van der Waals surface area contributed by atoms with Crippen molar-refractivity contribution < 1.29 is 0 Å². The smallest absolute Gasteiger partial charge is 0.193 e. The number of halogens is 1. The molecule has 3 aromatic rings. The summed E-state index contributed by atoms with van der Waals surface area (Å²) < 4.78 is 1.24. The van der Waals surface area contributed by atoms with E-state index in [1.54, 1.807) is 11.3 Å². The zero-order valence-electron chi connectivity index (χ0n) is 13.5. The number of aryl methyl sites for hydroxylation is 2. The maximum absolute atomic E-state index is 5.91. The molecule has 6 heteroatoms. The molecule has 3 rings (SSSR count). The number of thiazole rings is 1. The van der Waals surface area contributed by atoms with E-state index in [0.717, 1.165) is 29.1 Å². The number of nitrogens with one attached hydrogen (secondary N) is 1. The van der Waals surface area contributed by atoms with Gasteiger partial charge in [-0.1, -0.05) is 29.8 Å². The van der Waals surface area contributed by atoms with Crippen LogP contribution in [-0.2, 0) is 6.42 Å². The summed E-state index contributed by atoms with van der Waals surface area (Å²) in [6, 6.07) is 16.3. The second kappa shape index (κ2) is 8.98. The van der Waals surface area contributed by atoms with Crippen molar-refractivity contribution in [1.82, 2.24) is 4.98 Å². The second-order valence-corrected chi connectivity index (χ2v) is 6.55. The fraction of sp³-hybridized carbons (Fsp3) is 0.222. The van der Waals surface area contributed by atoms with E-state index >= 15 is 0 Å². The summed E-state index contributed by atoms with van der Waals surface area (Å²) in [4.78, 5) is 9.00. The van der Waals surface area contributed by atoms with Crippen LogP contribution in [0, 0.1) is 6.92 Å². The second-order valence-electron chi connectivity index (χ2n) is 5.44. The molecule has 0 aliphatic carbocycles. The van der Waals surface area contributed by atoms with Crippen LogP contribution in [0.25, 0.3) is 10.2 Å². The molecule has 1 heterocycles. The summed E-state index contributed by atoms with van der Waals surface area (Å²) in [7, 11) is 0. The van der Waals surface area contributed by atoms with Crippen molar-refractivity contribution in [2.75, 3.05) is 11.9 Å². The lowest BCUT2D eigenvalue weighted by atomic mass is 10.2. The highest BCUT2D eigenvalue weighted by molar-refractivity contribution is 14.0. The number of anilines is 1. The molecule has 0 saturated heterocycles. The third-order valence-corrected chi connectivity index (χ3v) is 4.59. The van der Waals surface area contributed by atoms with E-state index in [-0.39, 0.29) is 24.0 Å². The predicted octanol–water partition coefficient (Wildman–Crippen LogP) is 4.58. The first-order valence-corrected chi connectivity index (χ1v) is 8.50. The molecule has 24 heavy (non-hydrogen) atoms. The molecule has 0 aliphatic rings. The standard InChI is InChI=1S/C18H20N4S.HI/c1-13-8-10-14(11-9-13)21-18(19)20-12-4-7-17-22-15-5-2-3-6-16(15)23-17;/h2-3,5-6,8-11H,4,7,12H2,1H3,(H3,19,20,21);1H. The van der Waals surface area contributed by atoms with Gasteiger partial charge in [0.05, 0.1) is 15.2 Å². The first-order chi connectivity index (χ1) is 11.2. The summed E-state index contributed by atoms with van der Waals surface area (Å²) >= 11 is 1.75. The van der Waals surface area contributed by atoms with Gasteiger partial charge in [-0.05, 0) is 37.6 Å². The van der Waals surface area contributed by atoms with Gasteiger partial charge in [-0.2, -0.15) is 0 Å². The fourth-order valence-electron chi connectivity index (χ4n) is 2.28. The predicted molar refractivity (Wildman–Crippen MR) is 115 cm³/mol. The van der Waals surface area contributed by atoms with Gasteiger partial charge in [0.2, 0.25) is 0 Å². The lowest BCUT2D eigenvalue weighted by Crippen LogP contribution is -2.22. The van der Waals surface area contributed by atoms with Gasteiger partial charge in [-0.3, -0.25) is 4.99 Å². The Bertz CT molecular complexity index is 778. The number of hydrogen-bond donors (Lipinski definition) is 2. The van der Waals surface area contributed by atoms with Crippen LogP contribution in [0.2, 0.25) is 0 Å². The zero-order chi connectivity index (χ0) is 16.1. The molecule has 0 fully saturated rings. The number of benzene rings is 2. The average molecular weight is 452 g/mol. The Morgan fingerprint density at radius 2 is 1.92 bits per heavy atom. The van der Waals surface area contributed by atoms with Crippen LogP contribution in [0.4, 0.5) is 5.69 Å². The van der Waals surface area contributed by atoms with Gasteiger partial charge in [0.1, 0.15) is 0 Å². The SMILES string of the molecule is Cc1ccc(NC(N)=NCCCc2nc3ccccc3s2)cc1.I. The Morgan fingerprint density at radius 3 is 2.67 bits per heavy atom. The molecule has 0 radical (unpaired) electrons. The van der Waals surface area contributed by atoms with E-state index < -0.39 is 0 Å². The molecule has 0 atom stereocenters. The molecule has 0 spiro atoms. The van der Waals surface area contributed by atoms with E-state index in [9.17, 15) is 0 Å². The number of rotatable bonds is 5. The summed E-state index contributed by atoms with van der Waals surface area (Å²) in [5.74, 6) is 0.457. The van der Waals surface area contributed by atoms with Gasteiger partial charge in [0, 0.05) is 18.7 Å². The van der Waals surface area contributed by atoms with Crippen molar-refractivity contribution in [2.45, 2.75) is 19.8 Å². The Balaban J connectivity index is 0.00000208. The lowest BCUT2D eigenvalue weighted by Gasteiger charge is -2.05. The highest BCUT2D eigenvalue weighted by atomic mass is 127. The van der Waals surface area contributed by atoms with Crippen LogP contribution in [-0.4, -0.2) is 17.5 Å². The average Bonchev–Trinajstić information content (AvgIpc) is 2.96. The van der Waals surface area contributed by atoms with Gasteiger partial charge < -0.3 is 11.1 Å². The van der Waals surface area contributed by atoms with E-state index in [1.807, 2.05) is 36.4 Å². The number of guanidine groups is 1. The van der Waals surface area contributed by atoms with Gasteiger partial charge in [0.25, 0.3) is 0 Å². The van der Waals surface area contributed by atoms with Gasteiger partial charge >= 0.3 is 0 Å². The summed E-state index contributed by atoms with van der Waals surface area (Å²) in [5, 5.41) is 4.26. The Hall–Kier alpha value is -1.67. The molecule has 0 bridgehead atoms. The molecule has 0 unspecified atom stereocenters. The maximum atomic E-state index is 5.91. The number of hydrogen-bond acceptors (Lipinski definition) is 3. The number of fused-ring (bicyclic) bond motifs is 1. The first-order valence-electron chi connectivity index (χ1n) is 7.69. The number of nitrogens with zero attached hydrogens (tertiary/aromatic N) is 2. The molecule has 2 aromatic carbocycles. The van der Waals surface area contributed by atoms with E-state index in [0.29, 0.717) is 12.5 Å². The lowest BCUT2D eigenvalue weighted by molar-refractivity contribution is 0.827. The minimum absolute atomic E-state index is 0. The van der Waals surface area contributed by atoms with Crippen LogP contribution in [0.5, 0.6) is 0 Å². The van der Waals surface area contributed by atoms with Crippen LogP contribution < -0.4 is 11.1 Å². The quantitative estimate of drug-likeness (QED) is 0.258. The zero-order valence-corrected chi connectivity index (χ0v) is 16.7. The molecular formula is C18H21IN4S. The van der Waals surface area contributed by atoms with E-state index in [4.69, 9.17) is 5.73 Å². The van der Waals surface area contributed by atoms with Crippen molar-refractivity contribution >= 4 is 57.2 Å². The molecule has 1 aromatic heterocycles. The van der Waals surface area contributed by atoms with E-state index in [1.165, 1.54) is 10.3 Å². The third kappa shape index (κ3) is 5.17. The highest BCUT2D eigenvalue weighted by Crippen LogP contribution is 2.22. The van der Waals surface area contributed by atoms with Crippen molar-refractivity contribution in [1.29, 1.82) is 0 Å². The molecule has 0 aliphatic heterocycles. The molecule has 0 saturated carbocycles. The third-order valence-electron chi connectivity index (χ3n) is 3.49. The maximum Gasteiger partial charge on any atom is 0.193 e. The first kappa shape index (κ1) is 18.7. The Morgan fingerprint density at radius 1 is 1.17 bits per heavy atom. The van der Waals surface area contributed by atoms with Crippen LogP contribution in [0.1, 0.15) is 17.0 Å². The number of nitrogens with two attached hydrogens (primary N) is 1. The molecule has 126 valence electrons. The van der Waals surface area contributed by atoms with Crippen molar-refractivity contribution in [3.8, 4) is 0 Å². The van der Waals surface area contributed by atoms with Gasteiger partial charge in [-0.15, -0.1) is 35.3 Å². The Labute approximate surface area is 163 Å². The number of aromatic nitrogens is 1. The van der Waals surface area contributed by atoms with Crippen molar-refractivity contribution in [3.63, 3.8) is 0 Å². The minimum Gasteiger partial charge on any atom is -0.370 e. The van der Waals surface area contributed by atoms with Gasteiger partial charge in [0.15, 0.2) is 5.96 Å². The van der Waals surface area contributed by atoms with Crippen molar-refractivity contribution in [3.05, 3.63) is 59.1 Å². The normalized spacial score (nSPS) is 11.3. The van der Waals surface area contributed by atoms with Crippen LogP contribution in [0.3, 0.4) is 0 Å². The van der Waals surface area contributed by atoms with Crippen LogP contribution in [0.15, 0.2) is 53.5 Å². The van der Waals surface area contributed by atoms with Gasteiger partial charge in [-0.25, -0.2) is 4.98 Å². The highest BCUT2D eigenvalue weighted by Gasteiger charge is 2.02. The summed E-state index contributed by atoms with van der Waals surface area (Å²) in [6.07, 6.45) is 1.87. The fourth-order valence-corrected chi connectivity index (χ4v) is 3.29.